The Balaban J connectivity index is 2.45. The van der Waals surface area contributed by atoms with Crippen molar-refractivity contribution in [1.29, 1.82) is 0 Å². The summed E-state index contributed by atoms with van der Waals surface area (Å²) >= 11 is 3.53. The third-order valence-electron chi connectivity index (χ3n) is 2.48. The zero-order chi connectivity index (χ0) is 9.26. The quantitative estimate of drug-likeness (QED) is 0.784. The molecule has 0 saturated heterocycles. The van der Waals surface area contributed by atoms with Crippen LogP contribution in [0.25, 0.3) is 0 Å². The van der Waals surface area contributed by atoms with Gasteiger partial charge in [-0.05, 0) is 30.2 Å². The van der Waals surface area contributed by atoms with Crippen molar-refractivity contribution in [3.63, 3.8) is 0 Å². The van der Waals surface area contributed by atoms with Crippen LogP contribution in [0, 0.1) is 0 Å². The predicted octanol–water partition coefficient (Wildman–Crippen LogP) is 1.63. The second-order valence-electron chi connectivity index (χ2n) is 3.25. The molecule has 1 aliphatic rings. The summed E-state index contributed by atoms with van der Waals surface area (Å²) in [6.07, 6.45) is 1.03. The van der Waals surface area contributed by atoms with E-state index in [0.717, 1.165) is 17.4 Å². The smallest absolute Gasteiger partial charge is 0.0626 e. The van der Waals surface area contributed by atoms with Crippen molar-refractivity contribution in [3.05, 3.63) is 33.8 Å². The highest BCUT2D eigenvalue weighted by Gasteiger charge is 2.19. The number of benzene rings is 1. The summed E-state index contributed by atoms with van der Waals surface area (Å²) in [4.78, 5) is 0. The van der Waals surface area contributed by atoms with Gasteiger partial charge in [0.1, 0.15) is 0 Å². The second kappa shape index (κ2) is 3.78. The Morgan fingerprint density at radius 2 is 2.38 bits per heavy atom. The van der Waals surface area contributed by atoms with Crippen molar-refractivity contribution in [3.8, 4) is 0 Å². The lowest BCUT2D eigenvalue weighted by molar-refractivity contribution is 0.240. The topological polar surface area (TPSA) is 32.3 Å². The van der Waals surface area contributed by atoms with Crippen LogP contribution in [-0.2, 0) is 6.42 Å². The second-order valence-corrected chi connectivity index (χ2v) is 4.10. The lowest BCUT2D eigenvalue weighted by Gasteiger charge is -2.26. The summed E-state index contributed by atoms with van der Waals surface area (Å²) in [7, 11) is 0. The Hall–Kier alpha value is -0.380. The van der Waals surface area contributed by atoms with Gasteiger partial charge >= 0.3 is 0 Å². The van der Waals surface area contributed by atoms with Crippen LogP contribution in [0.4, 0.5) is 0 Å². The lowest BCUT2D eigenvalue weighted by atomic mass is 9.95. The molecule has 2 rings (SSSR count). The third kappa shape index (κ3) is 1.64. The van der Waals surface area contributed by atoms with Crippen LogP contribution < -0.4 is 5.32 Å². The van der Waals surface area contributed by atoms with Crippen molar-refractivity contribution in [1.82, 2.24) is 5.32 Å². The summed E-state index contributed by atoms with van der Waals surface area (Å²) < 4.78 is 1.16. The molecule has 3 heteroatoms. The van der Waals surface area contributed by atoms with Crippen LogP contribution in [0.2, 0.25) is 0 Å². The fraction of sp³-hybridized carbons (Fsp3) is 0.400. The first-order valence-electron chi connectivity index (χ1n) is 4.44. The zero-order valence-electron chi connectivity index (χ0n) is 7.26. The van der Waals surface area contributed by atoms with Crippen LogP contribution in [-0.4, -0.2) is 18.3 Å². The zero-order valence-corrected chi connectivity index (χ0v) is 8.84. The lowest BCUT2D eigenvalue weighted by Crippen LogP contribution is -2.32. The maximum atomic E-state index is 9.15. The van der Waals surface area contributed by atoms with E-state index < -0.39 is 0 Å². The minimum Gasteiger partial charge on any atom is -0.394 e. The van der Waals surface area contributed by atoms with Gasteiger partial charge in [0, 0.05) is 4.47 Å². The van der Waals surface area contributed by atoms with Crippen molar-refractivity contribution in [2.75, 3.05) is 13.2 Å². The van der Waals surface area contributed by atoms with Gasteiger partial charge in [-0.2, -0.15) is 0 Å². The van der Waals surface area contributed by atoms with Crippen LogP contribution in [0.3, 0.4) is 0 Å². The highest BCUT2D eigenvalue weighted by Crippen LogP contribution is 2.28. The average Bonchev–Trinajstić information content (AvgIpc) is 2.18. The van der Waals surface area contributed by atoms with Gasteiger partial charge in [-0.15, -0.1) is 0 Å². The van der Waals surface area contributed by atoms with E-state index in [1.54, 1.807) is 0 Å². The summed E-state index contributed by atoms with van der Waals surface area (Å²) in [6, 6.07) is 6.26. The molecule has 1 aliphatic heterocycles. The molecular weight excluding hydrogens is 230 g/mol. The van der Waals surface area contributed by atoms with Gasteiger partial charge in [0.25, 0.3) is 0 Å². The van der Waals surface area contributed by atoms with Crippen molar-refractivity contribution >= 4 is 15.9 Å². The number of fused-ring (bicyclic) bond motifs is 1. The molecule has 0 saturated carbocycles. The van der Waals surface area contributed by atoms with Gasteiger partial charge in [-0.1, -0.05) is 28.1 Å². The number of hydrogen-bond acceptors (Lipinski definition) is 2. The first kappa shape index (κ1) is 9.19. The van der Waals surface area contributed by atoms with E-state index in [1.165, 1.54) is 11.1 Å². The van der Waals surface area contributed by atoms with Gasteiger partial charge in [-0.3, -0.25) is 0 Å². The van der Waals surface area contributed by atoms with E-state index >= 15 is 0 Å². The number of nitrogens with one attached hydrogen (secondary N) is 1. The minimum absolute atomic E-state index is 0.112. The van der Waals surface area contributed by atoms with Gasteiger partial charge in [-0.25, -0.2) is 0 Å². The van der Waals surface area contributed by atoms with Gasteiger partial charge < -0.3 is 10.4 Å². The van der Waals surface area contributed by atoms with Crippen LogP contribution >= 0.6 is 15.9 Å². The predicted molar refractivity (Wildman–Crippen MR) is 55.7 cm³/mol. The maximum absolute atomic E-state index is 9.15. The van der Waals surface area contributed by atoms with Gasteiger partial charge in [0.05, 0.1) is 12.6 Å². The van der Waals surface area contributed by atoms with E-state index in [4.69, 9.17) is 5.11 Å². The molecule has 0 aliphatic carbocycles. The molecule has 1 heterocycles. The SMILES string of the molecule is OC[C@@H]1NCCc2c(Br)cccc21. The molecule has 1 aromatic rings. The monoisotopic (exact) mass is 241 g/mol. The molecule has 13 heavy (non-hydrogen) atoms. The largest absolute Gasteiger partial charge is 0.394 e. The van der Waals surface area contributed by atoms with E-state index in [0.29, 0.717) is 0 Å². The molecule has 2 nitrogen and oxygen atoms in total. The molecule has 1 aromatic carbocycles. The Morgan fingerprint density at radius 3 is 3.15 bits per heavy atom. The molecule has 1 atom stereocenters. The maximum Gasteiger partial charge on any atom is 0.0626 e. The minimum atomic E-state index is 0.112. The summed E-state index contributed by atoms with van der Waals surface area (Å²) in [5.74, 6) is 0. The summed E-state index contributed by atoms with van der Waals surface area (Å²) in [5, 5.41) is 12.4. The van der Waals surface area contributed by atoms with E-state index in [1.807, 2.05) is 6.07 Å². The normalized spacial score (nSPS) is 21.2. The van der Waals surface area contributed by atoms with E-state index in [9.17, 15) is 0 Å². The third-order valence-corrected chi connectivity index (χ3v) is 3.22. The molecule has 0 amide bonds. The van der Waals surface area contributed by atoms with Crippen molar-refractivity contribution in [2.45, 2.75) is 12.5 Å². The number of rotatable bonds is 1. The highest BCUT2D eigenvalue weighted by molar-refractivity contribution is 9.10. The van der Waals surface area contributed by atoms with E-state index in [-0.39, 0.29) is 12.6 Å². The molecule has 0 fully saturated rings. The van der Waals surface area contributed by atoms with Crippen molar-refractivity contribution in [2.24, 2.45) is 0 Å². The standard InChI is InChI=1S/C10H12BrNO/c11-9-3-1-2-8-7(9)4-5-12-10(8)6-13/h1-3,10,12-13H,4-6H2/t10-/m0/s1. The van der Waals surface area contributed by atoms with Crippen LogP contribution in [0.15, 0.2) is 22.7 Å². The van der Waals surface area contributed by atoms with Gasteiger partial charge in [0.2, 0.25) is 0 Å². The van der Waals surface area contributed by atoms with Gasteiger partial charge in [0.15, 0.2) is 0 Å². The van der Waals surface area contributed by atoms with E-state index in [2.05, 4.69) is 33.4 Å². The molecule has 70 valence electrons. The number of aliphatic hydroxyl groups excluding tert-OH is 1. The van der Waals surface area contributed by atoms with Crippen LogP contribution in [0.5, 0.6) is 0 Å². The Bertz CT molecular complexity index is 314. The molecule has 2 N–H and O–H groups in total. The number of halogens is 1. The number of hydrogen-bond donors (Lipinski definition) is 2. The van der Waals surface area contributed by atoms with Crippen LogP contribution in [0.1, 0.15) is 17.2 Å². The molecule has 0 unspecified atom stereocenters. The molecule has 0 spiro atoms. The summed E-state index contributed by atoms with van der Waals surface area (Å²) in [5.41, 5.74) is 2.56. The van der Waals surface area contributed by atoms with Crippen molar-refractivity contribution < 1.29 is 5.11 Å². The average molecular weight is 242 g/mol. The fourth-order valence-corrected chi connectivity index (χ4v) is 2.39. The Morgan fingerprint density at radius 1 is 1.54 bits per heavy atom. The molecular formula is C10H12BrNO. The first-order valence-corrected chi connectivity index (χ1v) is 5.23. The first-order chi connectivity index (χ1) is 6.33. The molecule has 0 bridgehead atoms. The Labute approximate surface area is 86.1 Å². The molecule has 0 aromatic heterocycles. The number of aliphatic hydroxyl groups is 1. The molecule has 0 radical (unpaired) electrons. The fourth-order valence-electron chi connectivity index (χ4n) is 1.81. The Kier molecular flexibility index (Phi) is 2.67. The summed E-state index contributed by atoms with van der Waals surface area (Å²) in [6.45, 7) is 1.12. The highest BCUT2D eigenvalue weighted by atomic mass is 79.9.